The molecule has 0 aliphatic rings. The van der Waals surface area contributed by atoms with E-state index in [1.54, 1.807) is 6.20 Å². The zero-order valence-electron chi connectivity index (χ0n) is 9.85. The van der Waals surface area contributed by atoms with Gasteiger partial charge in [-0.15, -0.1) is 12.3 Å². The van der Waals surface area contributed by atoms with Crippen molar-refractivity contribution in [2.75, 3.05) is 0 Å². The number of aromatic nitrogens is 2. The predicted octanol–water partition coefficient (Wildman–Crippen LogP) is 2.13. The van der Waals surface area contributed by atoms with Crippen LogP contribution in [-0.2, 0) is 6.54 Å². The summed E-state index contributed by atoms with van der Waals surface area (Å²) in [4.78, 5) is 8.89. The SMILES string of the molecule is C#CCC(C)NCc1cnc2ccccc2n1. The van der Waals surface area contributed by atoms with Crippen molar-refractivity contribution in [3.8, 4) is 12.3 Å². The average molecular weight is 225 g/mol. The number of para-hydroxylation sites is 2. The van der Waals surface area contributed by atoms with Gasteiger partial charge in [0.1, 0.15) is 0 Å². The van der Waals surface area contributed by atoms with Crippen LogP contribution in [0, 0.1) is 12.3 Å². The number of terminal acetylenes is 1. The molecule has 0 aliphatic carbocycles. The number of rotatable bonds is 4. The molecule has 1 aromatic carbocycles. The van der Waals surface area contributed by atoms with E-state index in [9.17, 15) is 0 Å². The van der Waals surface area contributed by atoms with Crippen LogP contribution in [0.5, 0.6) is 0 Å². The second-order valence-electron chi connectivity index (χ2n) is 4.04. The maximum Gasteiger partial charge on any atom is 0.0890 e. The molecule has 86 valence electrons. The topological polar surface area (TPSA) is 37.8 Å². The first-order valence-electron chi connectivity index (χ1n) is 5.67. The van der Waals surface area contributed by atoms with Gasteiger partial charge in [-0.25, -0.2) is 4.98 Å². The van der Waals surface area contributed by atoms with Crippen molar-refractivity contribution < 1.29 is 0 Å². The van der Waals surface area contributed by atoms with E-state index in [1.807, 2.05) is 24.3 Å². The van der Waals surface area contributed by atoms with E-state index in [0.717, 1.165) is 23.1 Å². The minimum Gasteiger partial charge on any atom is -0.308 e. The molecule has 0 saturated carbocycles. The number of hydrogen-bond donors (Lipinski definition) is 1. The van der Waals surface area contributed by atoms with E-state index in [1.165, 1.54) is 0 Å². The summed E-state index contributed by atoms with van der Waals surface area (Å²) in [5.41, 5.74) is 2.79. The lowest BCUT2D eigenvalue weighted by Crippen LogP contribution is -2.25. The summed E-state index contributed by atoms with van der Waals surface area (Å²) in [6.45, 7) is 2.76. The van der Waals surface area contributed by atoms with Gasteiger partial charge in [-0.1, -0.05) is 12.1 Å². The maximum atomic E-state index is 5.25. The van der Waals surface area contributed by atoms with Crippen molar-refractivity contribution in [2.24, 2.45) is 0 Å². The van der Waals surface area contributed by atoms with Crippen molar-refractivity contribution in [3.05, 3.63) is 36.2 Å². The van der Waals surface area contributed by atoms with Gasteiger partial charge < -0.3 is 5.32 Å². The maximum absolute atomic E-state index is 5.25. The molecule has 2 rings (SSSR count). The zero-order chi connectivity index (χ0) is 12.1. The van der Waals surface area contributed by atoms with Crippen molar-refractivity contribution in [2.45, 2.75) is 25.9 Å². The molecule has 1 aromatic heterocycles. The number of nitrogens with zero attached hydrogens (tertiary/aromatic N) is 2. The molecule has 1 N–H and O–H groups in total. The third-order valence-electron chi connectivity index (χ3n) is 2.55. The Morgan fingerprint density at radius 3 is 2.88 bits per heavy atom. The van der Waals surface area contributed by atoms with Gasteiger partial charge in [0.05, 0.1) is 22.9 Å². The van der Waals surface area contributed by atoms with Crippen molar-refractivity contribution in [1.82, 2.24) is 15.3 Å². The van der Waals surface area contributed by atoms with Gasteiger partial charge in [-0.05, 0) is 19.1 Å². The highest BCUT2D eigenvalue weighted by molar-refractivity contribution is 5.73. The molecule has 0 bridgehead atoms. The van der Waals surface area contributed by atoms with Crippen LogP contribution < -0.4 is 5.32 Å². The minimum atomic E-state index is 0.299. The molecule has 3 nitrogen and oxygen atoms in total. The van der Waals surface area contributed by atoms with Crippen LogP contribution in [0.25, 0.3) is 11.0 Å². The minimum absolute atomic E-state index is 0.299. The van der Waals surface area contributed by atoms with Crippen molar-refractivity contribution >= 4 is 11.0 Å². The van der Waals surface area contributed by atoms with Crippen LogP contribution in [0.2, 0.25) is 0 Å². The standard InChI is InChI=1S/C14H15N3/c1-3-6-11(2)15-9-12-10-16-13-7-4-5-8-14(13)17-12/h1,4-5,7-8,10-11,15H,6,9H2,2H3. The Morgan fingerprint density at radius 2 is 2.12 bits per heavy atom. The third kappa shape index (κ3) is 3.02. The molecule has 1 unspecified atom stereocenters. The van der Waals surface area contributed by atoms with Crippen LogP contribution >= 0.6 is 0 Å². The smallest absolute Gasteiger partial charge is 0.0890 e. The Labute approximate surface area is 101 Å². The molecule has 2 aromatic rings. The van der Waals surface area contributed by atoms with Crippen molar-refractivity contribution in [1.29, 1.82) is 0 Å². The summed E-state index contributed by atoms with van der Waals surface area (Å²) >= 11 is 0. The summed E-state index contributed by atoms with van der Waals surface area (Å²) in [5.74, 6) is 2.63. The first-order chi connectivity index (χ1) is 8.29. The van der Waals surface area contributed by atoms with Gasteiger partial charge in [0.2, 0.25) is 0 Å². The number of benzene rings is 1. The van der Waals surface area contributed by atoms with Gasteiger partial charge in [-0.3, -0.25) is 4.98 Å². The normalized spacial score (nSPS) is 12.2. The van der Waals surface area contributed by atoms with E-state index in [0.29, 0.717) is 12.6 Å². The van der Waals surface area contributed by atoms with Crippen LogP contribution in [-0.4, -0.2) is 16.0 Å². The first-order valence-corrected chi connectivity index (χ1v) is 5.67. The lowest BCUT2D eigenvalue weighted by atomic mass is 10.2. The van der Waals surface area contributed by atoms with E-state index >= 15 is 0 Å². The van der Waals surface area contributed by atoms with Gasteiger partial charge >= 0.3 is 0 Å². The molecule has 0 amide bonds. The third-order valence-corrected chi connectivity index (χ3v) is 2.55. The average Bonchev–Trinajstić information content (AvgIpc) is 2.36. The lowest BCUT2D eigenvalue weighted by Gasteiger charge is -2.10. The molecule has 0 spiro atoms. The molecule has 1 atom stereocenters. The Kier molecular flexibility index (Phi) is 3.69. The second-order valence-corrected chi connectivity index (χ2v) is 4.04. The van der Waals surface area contributed by atoms with Gasteiger partial charge in [-0.2, -0.15) is 0 Å². The Bertz CT molecular complexity index is 542. The van der Waals surface area contributed by atoms with Crippen LogP contribution in [0.3, 0.4) is 0 Å². The highest BCUT2D eigenvalue weighted by Gasteiger charge is 2.02. The fraction of sp³-hybridized carbons (Fsp3) is 0.286. The van der Waals surface area contributed by atoms with Crippen molar-refractivity contribution in [3.63, 3.8) is 0 Å². The van der Waals surface area contributed by atoms with E-state index < -0.39 is 0 Å². The Hall–Kier alpha value is -1.92. The molecule has 0 fully saturated rings. The summed E-state index contributed by atoms with van der Waals surface area (Å²) in [7, 11) is 0. The Balaban J connectivity index is 2.07. The van der Waals surface area contributed by atoms with Gasteiger partial charge in [0.25, 0.3) is 0 Å². The molecular weight excluding hydrogens is 210 g/mol. The molecule has 0 aliphatic heterocycles. The predicted molar refractivity (Wildman–Crippen MR) is 69.3 cm³/mol. The molecule has 0 saturated heterocycles. The quantitative estimate of drug-likeness (QED) is 0.810. The van der Waals surface area contributed by atoms with Crippen LogP contribution in [0.1, 0.15) is 19.0 Å². The lowest BCUT2D eigenvalue weighted by molar-refractivity contribution is 0.553. The van der Waals surface area contributed by atoms with Crippen LogP contribution in [0.15, 0.2) is 30.5 Å². The van der Waals surface area contributed by atoms with E-state index in [4.69, 9.17) is 6.42 Å². The molecule has 1 heterocycles. The highest BCUT2D eigenvalue weighted by atomic mass is 14.9. The monoisotopic (exact) mass is 225 g/mol. The summed E-state index contributed by atoms with van der Waals surface area (Å²) in [6.07, 6.45) is 7.78. The van der Waals surface area contributed by atoms with Crippen LogP contribution in [0.4, 0.5) is 0 Å². The van der Waals surface area contributed by atoms with E-state index in [-0.39, 0.29) is 0 Å². The summed E-state index contributed by atoms with van der Waals surface area (Å²) in [5, 5.41) is 3.32. The van der Waals surface area contributed by atoms with Gasteiger partial charge in [0.15, 0.2) is 0 Å². The molecule has 17 heavy (non-hydrogen) atoms. The zero-order valence-corrected chi connectivity index (χ0v) is 9.85. The molecular formula is C14H15N3. The largest absolute Gasteiger partial charge is 0.308 e. The summed E-state index contributed by atoms with van der Waals surface area (Å²) in [6, 6.07) is 8.16. The molecule has 3 heteroatoms. The first kappa shape index (κ1) is 11.6. The molecule has 0 radical (unpaired) electrons. The number of nitrogens with one attached hydrogen (secondary N) is 1. The number of hydrogen-bond acceptors (Lipinski definition) is 3. The second kappa shape index (κ2) is 5.42. The fourth-order valence-electron chi connectivity index (χ4n) is 1.61. The number of fused-ring (bicyclic) bond motifs is 1. The van der Waals surface area contributed by atoms with Gasteiger partial charge in [0, 0.05) is 19.0 Å². The van der Waals surface area contributed by atoms with E-state index in [2.05, 4.69) is 28.1 Å². The Morgan fingerprint density at radius 1 is 1.35 bits per heavy atom. The summed E-state index contributed by atoms with van der Waals surface area (Å²) < 4.78 is 0. The highest BCUT2D eigenvalue weighted by Crippen LogP contribution is 2.08. The fourth-order valence-corrected chi connectivity index (χ4v) is 1.61.